The maximum Gasteiger partial charge on any atom is 0.150 e. The van der Waals surface area contributed by atoms with E-state index in [0.717, 1.165) is 13.1 Å². The number of aliphatic hydroxyl groups is 1. The summed E-state index contributed by atoms with van der Waals surface area (Å²) in [7, 11) is -2.85. The van der Waals surface area contributed by atoms with E-state index in [0.29, 0.717) is 25.7 Å². The minimum absolute atomic E-state index is 0.140. The predicted molar refractivity (Wildman–Crippen MR) is 66.4 cm³/mol. The lowest BCUT2D eigenvalue weighted by atomic mass is 9.77. The molecule has 2 saturated heterocycles. The van der Waals surface area contributed by atoms with Gasteiger partial charge in [0.15, 0.2) is 0 Å². The second-order valence-corrected chi connectivity index (χ2v) is 7.67. The standard InChI is InChI=1S/C11H22N2O3S/c12-10(11(14)3-5-13-6-4-11)9-1-7-17(15,16)8-2-9/h9-10,13-14H,1-8,12H2. The van der Waals surface area contributed by atoms with Crippen molar-refractivity contribution < 1.29 is 13.5 Å². The van der Waals surface area contributed by atoms with Crippen LogP contribution in [0.3, 0.4) is 0 Å². The van der Waals surface area contributed by atoms with E-state index in [1.807, 2.05) is 0 Å². The zero-order chi connectivity index (χ0) is 12.5. The Hall–Kier alpha value is -0.170. The van der Waals surface area contributed by atoms with E-state index in [1.165, 1.54) is 0 Å². The highest BCUT2D eigenvalue weighted by Gasteiger charge is 2.41. The van der Waals surface area contributed by atoms with Gasteiger partial charge in [0.05, 0.1) is 17.1 Å². The van der Waals surface area contributed by atoms with E-state index in [1.54, 1.807) is 0 Å². The van der Waals surface area contributed by atoms with Crippen LogP contribution in [0.1, 0.15) is 25.7 Å². The van der Waals surface area contributed by atoms with Crippen molar-refractivity contribution in [3.63, 3.8) is 0 Å². The van der Waals surface area contributed by atoms with Crippen molar-refractivity contribution in [1.82, 2.24) is 5.32 Å². The van der Waals surface area contributed by atoms with Gasteiger partial charge in [-0.2, -0.15) is 0 Å². The van der Waals surface area contributed by atoms with Gasteiger partial charge in [0.2, 0.25) is 0 Å². The number of nitrogens with one attached hydrogen (secondary N) is 1. The third-order valence-electron chi connectivity index (χ3n) is 4.20. The summed E-state index contributed by atoms with van der Waals surface area (Å²) in [5, 5.41) is 13.7. The van der Waals surface area contributed by atoms with Gasteiger partial charge in [-0.25, -0.2) is 8.42 Å². The van der Waals surface area contributed by atoms with Crippen molar-refractivity contribution in [2.24, 2.45) is 11.7 Å². The number of nitrogens with two attached hydrogens (primary N) is 1. The van der Waals surface area contributed by atoms with Crippen molar-refractivity contribution in [2.75, 3.05) is 24.6 Å². The SMILES string of the molecule is NC(C1CCS(=O)(=O)CC1)C1(O)CCNCC1. The molecule has 4 N–H and O–H groups in total. The summed E-state index contributed by atoms with van der Waals surface area (Å²) in [5.41, 5.74) is 5.36. The first kappa shape index (κ1) is 13.3. The molecule has 100 valence electrons. The van der Waals surface area contributed by atoms with E-state index in [-0.39, 0.29) is 23.5 Å². The fraction of sp³-hybridized carbons (Fsp3) is 1.00. The van der Waals surface area contributed by atoms with Crippen molar-refractivity contribution in [3.05, 3.63) is 0 Å². The Bertz CT molecular complexity index is 349. The first-order chi connectivity index (χ1) is 7.93. The van der Waals surface area contributed by atoms with Crippen LogP contribution in [0.2, 0.25) is 0 Å². The Morgan fingerprint density at radius 2 is 1.76 bits per heavy atom. The quantitative estimate of drug-likeness (QED) is 0.609. The number of piperidine rings is 1. The molecule has 2 aliphatic rings. The van der Waals surface area contributed by atoms with Crippen LogP contribution in [0.5, 0.6) is 0 Å². The molecular weight excluding hydrogens is 240 g/mol. The third kappa shape index (κ3) is 2.99. The molecule has 2 aliphatic heterocycles. The maximum atomic E-state index is 11.4. The third-order valence-corrected chi connectivity index (χ3v) is 5.91. The molecule has 0 radical (unpaired) electrons. The summed E-state index contributed by atoms with van der Waals surface area (Å²) >= 11 is 0. The molecule has 0 amide bonds. The highest BCUT2D eigenvalue weighted by Crippen LogP contribution is 2.31. The molecule has 6 heteroatoms. The van der Waals surface area contributed by atoms with Gasteiger partial charge < -0.3 is 16.2 Å². The molecule has 0 bridgehead atoms. The van der Waals surface area contributed by atoms with Crippen LogP contribution in [-0.4, -0.2) is 49.8 Å². The Labute approximate surface area is 103 Å². The van der Waals surface area contributed by atoms with E-state index >= 15 is 0 Å². The molecule has 0 spiro atoms. The van der Waals surface area contributed by atoms with Crippen molar-refractivity contribution in [2.45, 2.75) is 37.3 Å². The Morgan fingerprint density at radius 1 is 1.24 bits per heavy atom. The van der Waals surface area contributed by atoms with Crippen LogP contribution in [0.25, 0.3) is 0 Å². The summed E-state index contributed by atoms with van der Waals surface area (Å²) in [6, 6.07) is -0.292. The van der Waals surface area contributed by atoms with Crippen molar-refractivity contribution in [1.29, 1.82) is 0 Å². The van der Waals surface area contributed by atoms with Crippen molar-refractivity contribution in [3.8, 4) is 0 Å². The van der Waals surface area contributed by atoms with E-state index in [9.17, 15) is 13.5 Å². The first-order valence-corrected chi connectivity index (χ1v) is 8.14. The van der Waals surface area contributed by atoms with Gasteiger partial charge in [0, 0.05) is 6.04 Å². The maximum absolute atomic E-state index is 11.4. The van der Waals surface area contributed by atoms with Crippen LogP contribution < -0.4 is 11.1 Å². The molecule has 2 heterocycles. The predicted octanol–water partition coefficient (Wildman–Crippen LogP) is -0.747. The zero-order valence-electron chi connectivity index (χ0n) is 10.1. The first-order valence-electron chi connectivity index (χ1n) is 6.32. The lowest BCUT2D eigenvalue weighted by Gasteiger charge is -2.42. The van der Waals surface area contributed by atoms with Gasteiger partial charge in [0.25, 0.3) is 0 Å². The van der Waals surface area contributed by atoms with E-state index in [4.69, 9.17) is 5.73 Å². The van der Waals surface area contributed by atoms with Crippen LogP contribution >= 0.6 is 0 Å². The van der Waals surface area contributed by atoms with Crippen molar-refractivity contribution >= 4 is 9.84 Å². The van der Waals surface area contributed by atoms with Crippen LogP contribution in [-0.2, 0) is 9.84 Å². The molecule has 1 unspecified atom stereocenters. The lowest BCUT2D eigenvalue weighted by molar-refractivity contribution is -0.0314. The summed E-state index contributed by atoms with van der Waals surface area (Å²) in [5.74, 6) is 0.584. The molecule has 5 nitrogen and oxygen atoms in total. The molecule has 0 aromatic carbocycles. The van der Waals surface area contributed by atoms with E-state index < -0.39 is 15.4 Å². The van der Waals surface area contributed by atoms with Gasteiger partial charge in [-0.15, -0.1) is 0 Å². The average molecular weight is 262 g/mol. The van der Waals surface area contributed by atoms with Gasteiger partial charge in [0.1, 0.15) is 9.84 Å². The molecule has 0 aliphatic carbocycles. The summed E-state index contributed by atoms with van der Waals surface area (Å²) in [6.07, 6.45) is 2.52. The largest absolute Gasteiger partial charge is 0.388 e. The van der Waals surface area contributed by atoms with Gasteiger partial charge >= 0.3 is 0 Å². The summed E-state index contributed by atoms with van der Waals surface area (Å²) < 4.78 is 22.7. The Balaban J connectivity index is 1.98. The fourth-order valence-corrected chi connectivity index (χ4v) is 4.43. The number of rotatable bonds is 2. The topological polar surface area (TPSA) is 92.4 Å². The molecule has 2 rings (SSSR count). The molecule has 0 saturated carbocycles. The highest BCUT2D eigenvalue weighted by atomic mass is 32.2. The second-order valence-electron chi connectivity index (χ2n) is 5.37. The minimum Gasteiger partial charge on any atom is -0.388 e. The van der Waals surface area contributed by atoms with Gasteiger partial charge in [-0.05, 0) is 44.7 Å². The number of hydrogen-bond acceptors (Lipinski definition) is 5. The van der Waals surface area contributed by atoms with Gasteiger partial charge in [-0.3, -0.25) is 0 Å². The fourth-order valence-electron chi connectivity index (χ4n) is 2.90. The second kappa shape index (κ2) is 4.84. The van der Waals surface area contributed by atoms with Gasteiger partial charge in [-0.1, -0.05) is 0 Å². The Kier molecular flexibility index (Phi) is 3.77. The van der Waals surface area contributed by atoms with Crippen LogP contribution in [0, 0.1) is 5.92 Å². The summed E-state index contributed by atoms with van der Waals surface area (Å²) in [4.78, 5) is 0. The number of sulfone groups is 1. The molecular formula is C11H22N2O3S. The average Bonchev–Trinajstić information content (AvgIpc) is 2.29. The summed E-state index contributed by atoms with van der Waals surface area (Å²) in [6.45, 7) is 1.57. The molecule has 1 atom stereocenters. The normalized spacial score (nSPS) is 30.9. The molecule has 0 aromatic heterocycles. The smallest absolute Gasteiger partial charge is 0.150 e. The number of hydrogen-bond donors (Lipinski definition) is 3. The minimum atomic E-state index is -2.85. The monoisotopic (exact) mass is 262 g/mol. The Morgan fingerprint density at radius 3 is 2.29 bits per heavy atom. The van der Waals surface area contributed by atoms with Crippen LogP contribution in [0.4, 0.5) is 0 Å². The zero-order valence-corrected chi connectivity index (χ0v) is 10.9. The molecule has 2 fully saturated rings. The highest BCUT2D eigenvalue weighted by molar-refractivity contribution is 7.91. The lowest BCUT2D eigenvalue weighted by Crippen LogP contribution is -2.58. The molecule has 0 aromatic rings. The van der Waals surface area contributed by atoms with E-state index in [2.05, 4.69) is 5.32 Å². The van der Waals surface area contributed by atoms with Crippen LogP contribution in [0.15, 0.2) is 0 Å². The molecule has 17 heavy (non-hydrogen) atoms.